The molecule has 0 fully saturated rings. The van der Waals surface area contributed by atoms with Gasteiger partial charge in [0.25, 0.3) is 10.0 Å². The first-order valence-corrected chi connectivity index (χ1v) is 8.00. The lowest BCUT2D eigenvalue weighted by molar-refractivity contribution is 0.0697. The zero-order valence-corrected chi connectivity index (χ0v) is 12.6. The third kappa shape index (κ3) is 3.76. The van der Waals surface area contributed by atoms with E-state index in [0.29, 0.717) is 18.0 Å². The summed E-state index contributed by atoms with van der Waals surface area (Å²) in [6.07, 6.45) is 0. The van der Waals surface area contributed by atoms with Gasteiger partial charge in [0.2, 0.25) is 0 Å². The number of carboxylic acids is 1. The Morgan fingerprint density at radius 1 is 1.09 bits per heavy atom. The second-order valence-electron chi connectivity index (χ2n) is 4.39. The van der Waals surface area contributed by atoms with Gasteiger partial charge < -0.3 is 9.84 Å². The first kappa shape index (κ1) is 15.8. The number of rotatable bonds is 6. The molecule has 2 aromatic carbocycles. The lowest BCUT2D eigenvalue weighted by atomic mass is 10.2. The lowest BCUT2D eigenvalue weighted by Crippen LogP contribution is -2.13. The Kier molecular flexibility index (Phi) is 4.67. The van der Waals surface area contributed by atoms with Crippen LogP contribution in [0, 0.1) is 0 Å². The van der Waals surface area contributed by atoms with Crippen molar-refractivity contribution >= 4 is 21.7 Å². The molecule has 0 amide bonds. The summed E-state index contributed by atoms with van der Waals surface area (Å²) in [5, 5.41) is 8.81. The van der Waals surface area contributed by atoms with E-state index in [1.165, 1.54) is 36.4 Å². The van der Waals surface area contributed by atoms with Crippen LogP contribution in [0.5, 0.6) is 5.75 Å². The van der Waals surface area contributed by atoms with Crippen molar-refractivity contribution in [2.75, 3.05) is 11.3 Å². The van der Waals surface area contributed by atoms with Crippen LogP contribution in [0.2, 0.25) is 0 Å². The first-order valence-electron chi connectivity index (χ1n) is 6.51. The van der Waals surface area contributed by atoms with Crippen molar-refractivity contribution in [1.29, 1.82) is 0 Å². The summed E-state index contributed by atoms with van der Waals surface area (Å²) in [5.41, 5.74) is 0.378. The van der Waals surface area contributed by atoms with E-state index in [0.717, 1.165) is 0 Å². The molecule has 0 saturated carbocycles. The summed E-state index contributed by atoms with van der Waals surface area (Å²) in [6.45, 7) is 2.34. The highest BCUT2D eigenvalue weighted by Crippen LogP contribution is 2.19. The van der Waals surface area contributed by atoms with Crippen LogP contribution in [0.3, 0.4) is 0 Å². The van der Waals surface area contributed by atoms with Gasteiger partial charge in [-0.25, -0.2) is 13.2 Å². The number of carboxylic acid groups (broad SMARTS) is 1. The summed E-state index contributed by atoms with van der Waals surface area (Å²) in [4.78, 5) is 10.8. The summed E-state index contributed by atoms with van der Waals surface area (Å²) in [6, 6.07) is 11.5. The number of ether oxygens (including phenoxy) is 1. The van der Waals surface area contributed by atoms with Crippen molar-refractivity contribution in [2.45, 2.75) is 11.8 Å². The fourth-order valence-corrected chi connectivity index (χ4v) is 2.84. The van der Waals surface area contributed by atoms with Gasteiger partial charge in [-0.1, -0.05) is 0 Å². The molecule has 2 N–H and O–H groups in total. The molecule has 0 atom stereocenters. The first-order chi connectivity index (χ1) is 10.4. The number of hydrogen-bond acceptors (Lipinski definition) is 4. The number of hydrogen-bond donors (Lipinski definition) is 2. The van der Waals surface area contributed by atoms with Crippen molar-refractivity contribution in [3.8, 4) is 5.75 Å². The van der Waals surface area contributed by atoms with E-state index in [1.54, 1.807) is 12.1 Å². The molecular formula is C15H15NO5S. The van der Waals surface area contributed by atoms with Crippen molar-refractivity contribution in [3.05, 3.63) is 54.1 Å². The van der Waals surface area contributed by atoms with Crippen LogP contribution in [0.25, 0.3) is 0 Å². The van der Waals surface area contributed by atoms with Crippen LogP contribution < -0.4 is 9.46 Å². The molecule has 0 spiro atoms. The van der Waals surface area contributed by atoms with E-state index < -0.39 is 16.0 Å². The van der Waals surface area contributed by atoms with Gasteiger partial charge in [0.15, 0.2) is 0 Å². The Morgan fingerprint density at radius 2 is 1.68 bits per heavy atom. The van der Waals surface area contributed by atoms with Crippen molar-refractivity contribution in [2.24, 2.45) is 0 Å². The normalized spacial score (nSPS) is 11.0. The molecule has 0 unspecified atom stereocenters. The summed E-state index contributed by atoms with van der Waals surface area (Å²) < 4.78 is 32.1. The predicted molar refractivity (Wildman–Crippen MR) is 81.8 cm³/mol. The maximum Gasteiger partial charge on any atom is 0.335 e. The minimum absolute atomic E-state index is 0.0871. The van der Waals surface area contributed by atoms with Gasteiger partial charge in [-0.05, 0) is 55.5 Å². The molecule has 0 aliphatic rings. The highest BCUT2D eigenvalue weighted by Gasteiger charge is 2.14. The maximum atomic E-state index is 12.2. The Labute approximate surface area is 128 Å². The highest BCUT2D eigenvalue weighted by atomic mass is 32.2. The maximum absolute atomic E-state index is 12.2. The van der Waals surface area contributed by atoms with Crippen LogP contribution in [0.4, 0.5) is 5.69 Å². The molecule has 2 aromatic rings. The van der Waals surface area contributed by atoms with Gasteiger partial charge >= 0.3 is 5.97 Å². The summed E-state index contributed by atoms with van der Waals surface area (Å²) >= 11 is 0. The van der Waals surface area contributed by atoms with Gasteiger partial charge in [-0.3, -0.25) is 4.72 Å². The summed E-state index contributed by atoms with van der Waals surface area (Å²) in [7, 11) is -3.73. The molecule has 116 valence electrons. The summed E-state index contributed by atoms with van der Waals surface area (Å²) in [5.74, 6) is -0.479. The molecule has 2 rings (SSSR count). The minimum Gasteiger partial charge on any atom is -0.494 e. The zero-order chi connectivity index (χ0) is 16.2. The number of anilines is 1. The van der Waals surface area contributed by atoms with E-state index in [4.69, 9.17) is 9.84 Å². The molecular weight excluding hydrogens is 306 g/mol. The number of sulfonamides is 1. The van der Waals surface area contributed by atoms with Crippen molar-refractivity contribution in [1.82, 2.24) is 0 Å². The fourth-order valence-electron chi connectivity index (χ4n) is 1.78. The Balaban J connectivity index is 2.18. The standard InChI is InChI=1S/C15H15NO5S/c1-2-21-13-7-9-14(10-8-13)22(19,20)16-12-5-3-11(4-6-12)15(17)18/h3-10,16H,2H2,1H3,(H,17,18). The minimum atomic E-state index is -3.73. The average molecular weight is 321 g/mol. The molecule has 0 radical (unpaired) electrons. The van der Waals surface area contributed by atoms with Gasteiger partial charge in [0.1, 0.15) is 5.75 Å². The third-order valence-corrected chi connectivity index (χ3v) is 4.23. The van der Waals surface area contributed by atoms with Gasteiger partial charge in [-0.15, -0.1) is 0 Å². The molecule has 6 nitrogen and oxygen atoms in total. The topological polar surface area (TPSA) is 92.7 Å². The number of benzene rings is 2. The van der Waals surface area contributed by atoms with E-state index in [9.17, 15) is 13.2 Å². The van der Waals surface area contributed by atoms with Gasteiger partial charge in [0.05, 0.1) is 17.1 Å². The second kappa shape index (κ2) is 6.48. The number of carbonyl (C=O) groups is 1. The van der Waals surface area contributed by atoms with Gasteiger partial charge in [-0.2, -0.15) is 0 Å². The van der Waals surface area contributed by atoms with Crippen LogP contribution in [-0.2, 0) is 10.0 Å². The Bertz CT molecular complexity index is 752. The van der Waals surface area contributed by atoms with E-state index in [1.807, 2.05) is 6.92 Å². The molecule has 0 heterocycles. The SMILES string of the molecule is CCOc1ccc(S(=O)(=O)Nc2ccc(C(=O)O)cc2)cc1. The molecule has 0 aromatic heterocycles. The Hall–Kier alpha value is -2.54. The Morgan fingerprint density at radius 3 is 2.18 bits per heavy atom. The third-order valence-electron chi connectivity index (χ3n) is 2.83. The van der Waals surface area contributed by atoms with Crippen molar-refractivity contribution in [3.63, 3.8) is 0 Å². The zero-order valence-electron chi connectivity index (χ0n) is 11.8. The monoisotopic (exact) mass is 321 g/mol. The fraction of sp³-hybridized carbons (Fsp3) is 0.133. The second-order valence-corrected chi connectivity index (χ2v) is 6.07. The van der Waals surface area contributed by atoms with Crippen LogP contribution in [0.15, 0.2) is 53.4 Å². The average Bonchev–Trinajstić information content (AvgIpc) is 2.48. The quantitative estimate of drug-likeness (QED) is 0.853. The van der Waals surface area contributed by atoms with E-state index in [-0.39, 0.29) is 10.5 Å². The van der Waals surface area contributed by atoms with E-state index in [2.05, 4.69) is 4.72 Å². The van der Waals surface area contributed by atoms with Crippen molar-refractivity contribution < 1.29 is 23.1 Å². The molecule has 0 aliphatic heterocycles. The molecule has 0 aliphatic carbocycles. The van der Waals surface area contributed by atoms with Crippen LogP contribution in [-0.4, -0.2) is 26.1 Å². The smallest absolute Gasteiger partial charge is 0.335 e. The van der Waals surface area contributed by atoms with Crippen LogP contribution >= 0.6 is 0 Å². The largest absolute Gasteiger partial charge is 0.494 e. The van der Waals surface area contributed by atoms with Crippen LogP contribution in [0.1, 0.15) is 17.3 Å². The predicted octanol–water partition coefficient (Wildman–Crippen LogP) is 2.58. The highest BCUT2D eigenvalue weighted by molar-refractivity contribution is 7.92. The number of nitrogens with one attached hydrogen (secondary N) is 1. The van der Waals surface area contributed by atoms with Gasteiger partial charge in [0, 0.05) is 5.69 Å². The molecule has 0 saturated heterocycles. The molecule has 22 heavy (non-hydrogen) atoms. The lowest BCUT2D eigenvalue weighted by Gasteiger charge is -2.09. The van der Waals surface area contributed by atoms with E-state index >= 15 is 0 Å². The molecule has 7 heteroatoms. The number of aromatic carboxylic acids is 1. The molecule has 0 bridgehead atoms.